The maximum atomic E-state index is 11.9. The maximum Gasteiger partial charge on any atom is 0.326 e. The van der Waals surface area contributed by atoms with Crippen LogP contribution < -0.4 is 5.32 Å². The van der Waals surface area contributed by atoms with Crippen molar-refractivity contribution in [1.29, 1.82) is 0 Å². The number of nitrogens with one attached hydrogen (secondary N) is 1. The minimum absolute atomic E-state index is 0.161. The lowest BCUT2D eigenvalue weighted by atomic mass is 10.0. The number of nitrogens with zero attached hydrogens (tertiary/aromatic N) is 1. The summed E-state index contributed by atoms with van der Waals surface area (Å²) in [5.74, 6) is -1.55. The summed E-state index contributed by atoms with van der Waals surface area (Å²) in [5, 5.41) is 12.3. The predicted molar refractivity (Wildman–Crippen MR) is 65.3 cm³/mol. The van der Waals surface area contributed by atoms with E-state index in [4.69, 9.17) is 5.11 Å². The summed E-state index contributed by atoms with van der Waals surface area (Å²) in [4.78, 5) is 27.5. The van der Waals surface area contributed by atoms with E-state index in [2.05, 4.69) is 10.3 Å². The van der Waals surface area contributed by atoms with Gasteiger partial charge in [0.15, 0.2) is 0 Å². The molecule has 1 atom stereocenters. The van der Waals surface area contributed by atoms with E-state index in [1.807, 2.05) is 6.92 Å². The van der Waals surface area contributed by atoms with Crippen molar-refractivity contribution in [3.05, 3.63) is 15.6 Å². The highest BCUT2D eigenvalue weighted by Gasteiger charge is 2.25. The van der Waals surface area contributed by atoms with Crippen molar-refractivity contribution < 1.29 is 14.7 Å². The first kappa shape index (κ1) is 13.6. The third-order valence-electron chi connectivity index (χ3n) is 2.33. The van der Waals surface area contributed by atoms with E-state index in [1.54, 1.807) is 20.8 Å². The third kappa shape index (κ3) is 3.26. The van der Waals surface area contributed by atoms with Crippen molar-refractivity contribution >= 4 is 23.2 Å². The molecule has 0 aliphatic rings. The number of rotatable bonds is 4. The Morgan fingerprint density at radius 1 is 1.35 bits per heavy atom. The minimum Gasteiger partial charge on any atom is -0.480 e. The van der Waals surface area contributed by atoms with Crippen LogP contribution in [0.3, 0.4) is 0 Å². The zero-order valence-electron chi connectivity index (χ0n) is 10.3. The summed E-state index contributed by atoms with van der Waals surface area (Å²) < 4.78 is 0. The molecule has 94 valence electrons. The second kappa shape index (κ2) is 5.27. The average Bonchev–Trinajstić information content (AvgIpc) is 2.53. The number of aromatic nitrogens is 1. The number of aryl methyl sites for hydroxylation is 2. The van der Waals surface area contributed by atoms with Gasteiger partial charge in [0.25, 0.3) is 5.91 Å². The Hall–Kier alpha value is -1.43. The Labute approximate surface area is 104 Å². The van der Waals surface area contributed by atoms with Crippen LogP contribution in [0.25, 0.3) is 0 Å². The molecule has 0 bridgehead atoms. The lowest BCUT2D eigenvalue weighted by molar-refractivity contribution is -0.140. The Balaban J connectivity index is 2.85. The van der Waals surface area contributed by atoms with E-state index in [1.165, 1.54) is 11.3 Å². The Morgan fingerprint density at radius 3 is 2.29 bits per heavy atom. The van der Waals surface area contributed by atoms with Gasteiger partial charge in [0, 0.05) is 0 Å². The largest absolute Gasteiger partial charge is 0.480 e. The molecule has 17 heavy (non-hydrogen) atoms. The molecule has 0 spiro atoms. The minimum atomic E-state index is -1.02. The molecule has 1 aromatic rings. The first-order valence-corrected chi connectivity index (χ1v) is 6.12. The highest BCUT2D eigenvalue weighted by atomic mass is 32.1. The highest BCUT2D eigenvalue weighted by Crippen LogP contribution is 2.17. The van der Waals surface area contributed by atoms with Gasteiger partial charge < -0.3 is 10.4 Å². The van der Waals surface area contributed by atoms with Gasteiger partial charge in [0.05, 0.1) is 10.7 Å². The Morgan fingerprint density at radius 2 is 1.94 bits per heavy atom. The zero-order valence-corrected chi connectivity index (χ0v) is 11.1. The molecule has 0 aromatic carbocycles. The normalized spacial score (nSPS) is 12.5. The van der Waals surface area contributed by atoms with Gasteiger partial charge in [-0.3, -0.25) is 4.79 Å². The number of carbonyl (C=O) groups is 2. The molecule has 0 aliphatic carbocycles. The molecule has 0 unspecified atom stereocenters. The van der Waals surface area contributed by atoms with Gasteiger partial charge in [-0.25, -0.2) is 9.78 Å². The molecular weight excluding hydrogens is 240 g/mol. The SMILES string of the molecule is Cc1nc(C)c(C(=O)N[C@@H](C(=O)O)C(C)C)s1. The fourth-order valence-electron chi connectivity index (χ4n) is 1.46. The van der Waals surface area contributed by atoms with Crippen LogP contribution in [0.5, 0.6) is 0 Å². The lowest BCUT2D eigenvalue weighted by Gasteiger charge is -2.17. The van der Waals surface area contributed by atoms with Gasteiger partial charge in [-0.2, -0.15) is 0 Å². The van der Waals surface area contributed by atoms with E-state index < -0.39 is 12.0 Å². The quantitative estimate of drug-likeness (QED) is 0.857. The van der Waals surface area contributed by atoms with Crippen LogP contribution in [0, 0.1) is 19.8 Å². The van der Waals surface area contributed by atoms with Crippen molar-refractivity contribution in [2.24, 2.45) is 5.92 Å². The van der Waals surface area contributed by atoms with Crippen LogP contribution >= 0.6 is 11.3 Å². The summed E-state index contributed by atoms with van der Waals surface area (Å²) in [5.41, 5.74) is 0.637. The van der Waals surface area contributed by atoms with Crippen molar-refractivity contribution in [3.63, 3.8) is 0 Å². The number of carboxylic acid groups (broad SMARTS) is 1. The van der Waals surface area contributed by atoms with Gasteiger partial charge in [0.1, 0.15) is 10.9 Å². The number of hydrogen-bond acceptors (Lipinski definition) is 4. The topological polar surface area (TPSA) is 79.3 Å². The first-order valence-electron chi connectivity index (χ1n) is 5.30. The summed E-state index contributed by atoms with van der Waals surface area (Å²) in [6.45, 7) is 7.06. The Kier molecular flexibility index (Phi) is 4.22. The average molecular weight is 256 g/mol. The van der Waals surface area contributed by atoms with Crippen molar-refractivity contribution in [3.8, 4) is 0 Å². The van der Waals surface area contributed by atoms with Crippen LogP contribution in [-0.4, -0.2) is 28.0 Å². The summed E-state index contributed by atoms with van der Waals surface area (Å²) in [6, 6.07) is -0.871. The van der Waals surface area contributed by atoms with E-state index in [0.717, 1.165) is 5.01 Å². The molecule has 0 saturated carbocycles. The highest BCUT2D eigenvalue weighted by molar-refractivity contribution is 7.13. The van der Waals surface area contributed by atoms with Crippen LogP contribution in [-0.2, 0) is 4.79 Å². The van der Waals surface area contributed by atoms with Gasteiger partial charge in [-0.1, -0.05) is 13.8 Å². The van der Waals surface area contributed by atoms with Gasteiger partial charge in [-0.05, 0) is 19.8 Å². The van der Waals surface area contributed by atoms with E-state index in [-0.39, 0.29) is 11.8 Å². The van der Waals surface area contributed by atoms with E-state index in [0.29, 0.717) is 10.6 Å². The molecule has 2 N–H and O–H groups in total. The molecule has 0 aliphatic heterocycles. The predicted octanol–water partition coefficient (Wildman–Crippen LogP) is 1.60. The molecule has 0 saturated heterocycles. The number of amides is 1. The molecule has 1 aromatic heterocycles. The molecule has 0 radical (unpaired) electrons. The Bertz CT molecular complexity index is 440. The van der Waals surface area contributed by atoms with Gasteiger partial charge in [0.2, 0.25) is 0 Å². The van der Waals surface area contributed by atoms with Gasteiger partial charge >= 0.3 is 5.97 Å². The lowest BCUT2D eigenvalue weighted by Crippen LogP contribution is -2.44. The molecule has 1 heterocycles. The van der Waals surface area contributed by atoms with Crippen LogP contribution in [0.1, 0.15) is 34.2 Å². The third-order valence-corrected chi connectivity index (χ3v) is 3.40. The molecule has 1 amide bonds. The second-order valence-electron chi connectivity index (χ2n) is 4.18. The molecule has 1 rings (SSSR count). The number of hydrogen-bond donors (Lipinski definition) is 2. The van der Waals surface area contributed by atoms with Crippen molar-refractivity contribution in [2.45, 2.75) is 33.7 Å². The smallest absolute Gasteiger partial charge is 0.326 e. The molecule has 5 nitrogen and oxygen atoms in total. The number of carbonyl (C=O) groups excluding carboxylic acids is 1. The summed E-state index contributed by atoms with van der Waals surface area (Å²) in [6.07, 6.45) is 0. The zero-order chi connectivity index (χ0) is 13.2. The maximum absolute atomic E-state index is 11.9. The standard InChI is InChI=1S/C11H16N2O3S/c1-5(2)8(11(15)16)13-10(14)9-6(3)12-7(4)17-9/h5,8H,1-4H3,(H,13,14)(H,15,16)/t8-/m1/s1. The number of thiazole rings is 1. The van der Waals surface area contributed by atoms with Crippen molar-refractivity contribution in [2.75, 3.05) is 0 Å². The summed E-state index contributed by atoms with van der Waals surface area (Å²) >= 11 is 1.27. The molecule has 0 fully saturated rings. The second-order valence-corrected chi connectivity index (χ2v) is 5.38. The van der Waals surface area contributed by atoms with Crippen LogP contribution in [0.4, 0.5) is 0 Å². The fourth-order valence-corrected chi connectivity index (χ4v) is 2.29. The first-order chi connectivity index (χ1) is 7.82. The number of carboxylic acids is 1. The number of aliphatic carboxylic acids is 1. The van der Waals surface area contributed by atoms with Gasteiger partial charge in [-0.15, -0.1) is 11.3 Å². The summed E-state index contributed by atoms with van der Waals surface area (Å²) in [7, 11) is 0. The van der Waals surface area contributed by atoms with Crippen LogP contribution in [0.15, 0.2) is 0 Å². The molecule has 6 heteroatoms. The van der Waals surface area contributed by atoms with Crippen LogP contribution in [0.2, 0.25) is 0 Å². The monoisotopic (exact) mass is 256 g/mol. The van der Waals surface area contributed by atoms with E-state index >= 15 is 0 Å². The van der Waals surface area contributed by atoms with E-state index in [9.17, 15) is 9.59 Å². The molecular formula is C11H16N2O3S. The van der Waals surface area contributed by atoms with Crippen molar-refractivity contribution in [1.82, 2.24) is 10.3 Å². The fraction of sp³-hybridized carbons (Fsp3) is 0.545.